The van der Waals surface area contributed by atoms with Crippen LogP contribution in [0.25, 0.3) is 0 Å². The Labute approximate surface area is 198 Å². The fraction of sp³-hybridized carbons (Fsp3) is 0.680. The zero-order valence-electron chi connectivity index (χ0n) is 20.6. The van der Waals surface area contributed by atoms with E-state index in [1.165, 1.54) is 0 Å². The van der Waals surface area contributed by atoms with E-state index in [-0.39, 0.29) is 29.8 Å². The number of thioether (sulfide) groups is 1. The van der Waals surface area contributed by atoms with Gasteiger partial charge in [0.25, 0.3) is 0 Å². The summed E-state index contributed by atoms with van der Waals surface area (Å²) in [6.07, 6.45) is 3.19. The van der Waals surface area contributed by atoms with Crippen molar-refractivity contribution in [1.29, 1.82) is 0 Å². The van der Waals surface area contributed by atoms with Gasteiger partial charge in [0.05, 0.1) is 24.5 Å². The van der Waals surface area contributed by atoms with Gasteiger partial charge in [0.1, 0.15) is 0 Å². The third kappa shape index (κ3) is 9.12. The molecule has 182 valence electrons. The first-order valence-corrected chi connectivity index (χ1v) is 12.7. The minimum atomic E-state index is -0.694. The van der Waals surface area contributed by atoms with E-state index in [1.54, 1.807) is 18.8 Å². The van der Waals surface area contributed by atoms with Gasteiger partial charge in [0, 0.05) is 12.8 Å². The number of carbonyl (C=O) groups is 2. The normalized spacial score (nSPS) is 14.5. The second-order valence-corrected chi connectivity index (χ2v) is 10.5. The standard InChI is InChI=1S/C25H42N2O4S/c1-7-31-22(29)19(2)16-20-10-8-11-21(17-20)25(5,23(30)27-26-6)13-9-12-24(3,4)18-32-15-14-28/h8,10-11,17,19,26,28H,7,9,12-16,18H2,1-6H3,(H,27,30). The van der Waals surface area contributed by atoms with Crippen LogP contribution in [0.4, 0.5) is 0 Å². The molecule has 0 bridgehead atoms. The molecule has 1 aromatic rings. The van der Waals surface area contributed by atoms with Crippen LogP contribution < -0.4 is 10.9 Å². The summed E-state index contributed by atoms with van der Waals surface area (Å²) in [5, 5.41) is 9.02. The quantitative estimate of drug-likeness (QED) is 0.207. The summed E-state index contributed by atoms with van der Waals surface area (Å²) in [6.45, 7) is 10.7. The number of ether oxygens (including phenoxy) is 1. The molecule has 0 saturated carbocycles. The van der Waals surface area contributed by atoms with Gasteiger partial charge in [0.15, 0.2) is 0 Å². The molecule has 0 aliphatic rings. The Bertz CT molecular complexity index is 726. The minimum absolute atomic E-state index is 0.0666. The highest BCUT2D eigenvalue weighted by atomic mass is 32.2. The molecule has 0 aliphatic carbocycles. The molecule has 1 amide bonds. The molecule has 1 aromatic carbocycles. The molecule has 0 aromatic heterocycles. The van der Waals surface area contributed by atoms with E-state index in [1.807, 2.05) is 45.0 Å². The van der Waals surface area contributed by atoms with Crippen LogP contribution in [0.15, 0.2) is 24.3 Å². The minimum Gasteiger partial charge on any atom is -0.466 e. The number of aliphatic hydroxyl groups is 1. The summed E-state index contributed by atoms with van der Waals surface area (Å²) in [4.78, 5) is 25.1. The molecule has 3 N–H and O–H groups in total. The number of rotatable bonds is 15. The molecule has 0 aliphatic heterocycles. The Morgan fingerprint density at radius 3 is 2.56 bits per heavy atom. The maximum atomic E-state index is 13.1. The fourth-order valence-corrected chi connectivity index (χ4v) is 4.78. The molecule has 0 radical (unpaired) electrons. The molecule has 6 nitrogen and oxygen atoms in total. The molecular weight excluding hydrogens is 424 g/mol. The van der Waals surface area contributed by atoms with Crippen molar-refractivity contribution >= 4 is 23.6 Å². The number of aliphatic hydroxyl groups excluding tert-OH is 1. The molecule has 1 rings (SSSR count). The summed E-state index contributed by atoms with van der Waals surface area (Å²) in [5.41, 5.74) is 6.96. The predicted molar refractivity (Wildman–Crippen MR) is 133 cm³/mol. The van der Waals surface area contributed by atoms with Gasteiger partial charge < -0.3 is 9.84 Å². The van der Waals surface area contributed by atoms with Crippen LogP contribution in [-0.4, -0.2) is 48.8 Å². The van der Waals surface area contributed by atoms with E-state index in [2.05, 4.69) is 24.7 Å². The monoisotopic (exact) mass is 466 g/mol. The predicted octanol–water partition coefficient (Wildman–Crippen LogP) is 3.86. The number of hydrogen-bond donors (Lipinski definition) is 3. The van der Waals surface area contributed by atoms with E-state index < -0.39 is 5.41 Å². The molecule has 7 heteroatoms. The first kappa shape index (κ1) is 28.5. The fourth-order valence-electron chi connectivity index (χ4n) is 3.81. The Morgan fingerprint density at radius 2 is 1.94 bits per heavy atom. The molecule has 0 fully saturated rings. The SMILES string of the molecule is CCOC(=O)C(C)Cc1cccc(C(C)(CCCC(C)(C)CSCCO)C(=O)NNC)c1. The Balaban J connectivity index is 2.98. The molecule has 0 saturated heterocycles. The molecule has 2 atom stereocenters. The lowest BCUT2D eigenvalue weighted by Gasteiger charge is -2.31. The second-order valence-electron chi connectivity index (χ2n) is 9.39. The third-order valence-electron chi connectivity index (χ3n) is 5.79. The Kier molecular flexibility index (Phi) is 12.3. The van der Waals surface area contributed by atoms with Crippen LogP contribution in [0.2, 0.25) is 0 Å². The van der Waals surface area contributed by atoms with Crippen LogP contribution in [0, 0.1) is 11.3 Å². The maximum Gasteiger partial charge on any atom is 0.308 e. The van der Waals surface area contributed by atoms with Crippen molar-refractivity contribution in [1.82, 2.24) is 10.9 Å². The zero-order valence-corrected chi connectivity index (χ0v) is 21.4. The smallest absolute Gasteiger partial charge is 0.308 e. The average Bonchev–Trinajstić information content (AvgIpc) is 2.74. The van der Waals surface area contributed by atoms with Crippen LogP contribution in [0.5, 0.6) is 0 Å². The highest BCUT2D eigenvalue weighted by molar-refractivity contribution is 7.99. The number of nitrogens with one attached hydrogen (secondary N) is 2. The summed E-state index contributed by atoms with van der Waals surface area (Å²) in [5.74, 6) is 1.23. The zero-order chi connectivity index (χ0) is 24.2. The first-order valence-electron chi connectivity index (χ1n) is 11.5. The number of carbonyl (C=O) groups excluding carboxylic acids is 2. The summed E-state index contributed by atoms with van der Waals surface area (Å²) < 4.78 is 5.14. The number of hydrazine groups is 1. The molecule has 32 heavy (non-hydrogen) atoms. The number of esters is 1. The topological polar surface area (TPSA) is 87.7 Å². The van der Waals surface area contributed by atoms with E-state index >= 15 is 0 Å². The van der Waals surface area contributed by atoms with E-state index in [0.29, 0.717) is 19.4 Å². The van der Waals surface area contributed by atoms with Gasteiger partial charge in [-0.2, -0.15) is 11.8 Å². The lowest BCUT2D eigenvalue weighted by molar-refractivity contribution is -0.147. The van der Waals surface area contributed by atoms with Crippen molar-refractivity contribution in [3.05, 3.63) is 35.4 Å². The summed E-state index contributed by atoms with van der Waals surface area (Å²) >= 11 is 1.77. The first-order chi connectivity index (χ1) is 15.1. The highest BCUT2D eigenvalue weighted by Gasteiger charge is 2.35. The third-order valence-corrected chi connectivity index (χ3v) is 7.25. The number of benzene rings is 1. The Hall–Kier alpha value is -1.57. The van der Waals surface area contributed by atoms with Crippen molar-refractivity contribution in [2.75, 3.05) is 31.8 Å². The van der Waals surface area contributed by atoms with Crippen LogP contribution >= 0.6 is 11.8 Å². The molecular formula is C25H42N2O4S. The van der Waals surface area contributed by atoms with Crippen molar-refractivity contribution < 1.29 is 19.4 Å². The van der Waals surface area contributed by atoms with Crippen LogP contribution in [-0.2, 0) is 26.2 Å². The van der Waals surface area contributed by atoms with Gasteiger partial charge in [-0.3, -0.25) is 15.0 Å². The summed E-state index contributed by atoms with van der Waals surface area (Å²) in [7, 11) is 1.69. The Morgan fingerprint density at radius 1 is 1.22 bits per heavy atom. The van der Waals surface area contributed by atoms with Gasteiger partial charge >= 0.3 is 5.97 Å². The van der Waals surface area contributed by atoms with Crippen molar-refractivity contribution in [2.45, 2.75) is 65.7 Å². The van der Waals surface area contributed by atoms with E-state index in [9.17, 15) is 9.59 Å². The van der Waals surface area contributed by atoms with Crippen molar-refractivity contribution in [3.8, 4) is 0 Å². The largest absolute Gasteiger partial charge is 0.466 e. The van der Waals surface area contributed by atoms with Gasteiger partial charge in [0.2, 0.25) is 5.91 Å². The van der Waals surface area contributed by atoms with Crippen LogP contribution in [0.3, 0.4) is 0 Å². The number of amides is 1. The summed E-state index contributed by atoms with van der Waals surface area (Å²) in [6, 6.07) is 8.00. The maximum absolute atomic E-state index is 13.1. The number of hydrogen-bond acceptors (Lipinski definition) is 6. The van der Waals surface area contributed by atoms with Gasteiger partial charge in [-0.1, -0.05) is 51.5 Å². The van der Waals surface area contributed by atoms with Crippen molar-refractivity contribution in [2.24, 2.45) is 11.3 Å². The van der Waals surface area contributed by atoms with Crippen LogP contribution in [0.1, 0.15) is 65.0 Å². The second kappa shape index (κ2) is 13.9. The van der Waals surface area contributed by atoms with E-state index in [0.717, 1.165) is 35.5 Å². The van der Waals surface area contributed by atoms with E-state index in [4.69, 9.17) is 9.84 Å². The highest BCUT2D eigenvalue weighted by Crippen LogP contribution is 2.35. The van der Waals surface area contributed by atoms with Gasteiger partial charge in [-0.15, -0.1) is 0 Å². The average molecular weight is 467 g/mol. The molecule has 0 heterocycles. The molecule has 2 unspecified atom stereocenters. The van der Waals surface area contributed by atoms with Crippen molar-refractivity contribution in [3.63, 3.8) is 0 Å². The van der Waals surface area contributed by atoms with Gasteiger partial charge in [-0.05, 0) is 55.4 Å². The molecule has 0 spiro atoms. The lowest BCUT2D eigenvalue weighted by atomic mass is 9.75. The lowest BCUT2D eigenvalue weighted by Crippen LogP contribution is -2.47. The van der Waals surface area contributed by atoms with Gasteiger partial charge in [-0.25, -0.2) is 5.43 Å².